The van der Waals surface area contributed by atoms with Crippen molar-refractivity contribution in [3.8, 4) is 0 Å². The van der Waals surface area contributed by atoms with Crippen LogP contribution in [-0.4, -0.2) is 11.4 Å². The van der Waals surface area contributed by atoms with E-state index in [0.29, 0.717) is 12.3 Å². The minimum Gasteiger partial charge on any atom is -0.350 e. The topological polar surface area (TPSA) is 29.1 Å². The van der Waals surface area contributed by atoms with E-state index < -0.39 is 0 Å². The fourth-order valence-electron chi connectivity index (χ4n) is 1.76. The third-order valence-electron chi connectivity index (χ3n) is 2.58. The molecule has 1 N–H and O–H groups in total. The van der Waals surface area contributed by atoms with Crippen molar-refractivity contribution < 1.29 is 4.79 Å². The normalized spacial score (nSPS) is 34.0. The van der Waals surface area contributed by atoms with Gasteiger partial charge in [0.1, 0.15) is 0 Å². The van der Waals surface area contributed by atoms with Crippen LogP contribution >= 0.6 is 0 Å². The molecular weight excluding hydrogens is 126 g/mol. The van der Waals surface area contributed by atoms with E-state index in [4.69, 9.17) is 0 Å². The summed E-state index contributed by atoms with van der Waals surface area (Å²) in [5.74, 6) is 0.599. The molecule has 2 aliphatic rings. The molecule has 1 amide bonds. The first-order valence-electron chi connectivity index (χ1n) is 3.70. The third-order valence-corrected chi connectivity index (χ3v) is 2.58. The summed E-state index contributed by atoms with van der Waals surface area (Å²) in [4.78, 5) is 10.9. The lowest BCUT2D eigenvalue weighted by Gasteiger charge is -2.11. The minimum atomic E-state index is 0.166. The summed E-state index contributed by atoms with van der Waals surface area (Å²) in [6.45, 7) is 3.72. The van der Waals surface area contributed by atoms with Crippen molar-refractivity contribution in [3.63, 3.8) is 0 Å². The molecule has 2 heteroatoms. The predicted octanol–water partition coefficient (Wildman–Crippen LogP) is 0.841. The van der Waals surface area contributed by atoms with Gasteiger partial charge < -0.3 is 5.32 Å². The van der Waals surface area contributed by atoms with Gasteiger partial charge in [-0.05, 0) is 12.8 Å². The second kappa shape index (κ2) is 1.62. The predicted molar refractivity (Wildman–Crippen MR) is 38.4 cm³/mol. The highest BCUT2D eigenvalue weighted by Gasteiger charge is 2.53. The van der Waals surface area contributed by atoms with Gasteiger partial charge in [0.15, 0.2) is 0 Å². The number of carbonyl (C=O) groups is 1. The van der Waals surface area contributed by atoms with Crippen molar-refractivity contribution >= 4 is 5.91 Å². The Balaban J connectivity index is 2.20. The smallest absolute Gasteiger partial charge is 0.221 e. The monoisotopic (exact) mass is 137 g/mol. The Bertz CT molecular complexity index is 193. The Morgan fingerprint density at radius 1 is 1.70 bits per heavy atom. The second-order valence-electron chi connectivity index (χ2n) is 3.25. The van der Waals surface area contributed by atoms with Crippen LogP contribution in [0.3, 0.4) is 0 Å². The first kappa shape index (κ1) is 5.96. The summed E-state index contributed by atoms with van der Waals surface area (Å²) >= 11 is 0. The van der Waals surface area contributed by atoms with Crippen molar-refractivity contribution in [2.75, 3.05) is 0 Å². The average Bonchev–Trinajstić information content (AvgIpc) is 2.55. The number of rotatable bonds is 1. The van der Waals surface area contributed by atoms with E-state index in [1.54, 1.807) is 0 Å². The molecule has 2 fully saturated rings. The summed E-state index contributed by atoms with van der Waals surface area (Å²) in [7, 11) is 0. The quantitative estimate of drug-likeness (QED) is 0.533. The molecule has 1 aliphatic heterocycles. The molecular formula is C8H11NO. The number of hydrogen-bond donors (Lipinski definition) is 1. The number of amides is 1. The Labute approximate surface area is 60.3 Å². The first-order valence-corrected chi connectivity index (χ1v) is 3.70. The van der Waals surface area contributed by atoms with E-state index in [2.05, 4.69) is 11.9 Å². The highest BCUT2D eigenvalue weighted by atomic mass is 16.2. The van der Waals surface area contributed by atoms with Crippen LogP contribution in [0.2, 0.25) is 0 Å². The van der Waals surface area contributed by atoms with Crippen molar-refractivity contribution in [3.05, 3.63) is 12.7 Å². The lowest BCUT2D eigenvalue weighted by molar-refractivity contribution is -0.119. The molecule has 0 aromatic carbocycles. The van der Waals surface area contributed by atoms with Crippen molar-refractivity contribution in [2.24, 2.45) is 5.92 Å². The zero-order chi connectivity index (χ0) is 7.19. The minimum absolute atomic E-state index is 0.166. The maximum atomic E-state index is 10.9. The van der Waals surface area contributed by atoms with Crippen LogP contribution < -0.4 is 5.32 Å². The van der Waals surface area contributed by atoms with E-state index in [-0.39, 0.29) is 11.4 Å². The molecule has 1 spiro atoms. The molecule has 1 heterocycles. The van der Waals surface area contributed by atoms with Gasteiger partial charge in [-0.2, -0.15) is 0 Å². The standard InChI is InChI=1S/C8H11NO/c1-2-6-5-7(10)9-8(6)3-4-8/h2,6H,1,3-5H2,(H,9,10). The van der Waals surface area contributed by atoms with Gasteiger partial charge in [-0.1, -0.05) is 6.08 Å². The maximum absolute atomic E-state index is 10.9. The number of carbonyl (C=O) groups excluding carboxylic acids is 1. The SMILES string of the molecule is C=CC1CC(=O)NC12CC2. The van der Waals surface area contributed by atoms with E-state index in [9.17, 15) is 4.79 Å². The molecule has 0 aromatic heterocycles. The van der Waals surface area contributed by atoms with Gasteiger partial charge in [-0.25, -0.2) is 0 Å². The van der Waals surface area contributed by atoms with Gasteiger partial charge in [0.05, 0.1) is 0 Å². The Morgan fingerprint density at radius 3 is 2.80 bits per heavy atom. The van der Waals surface area contributed by atoms with Gasteiger partial charge in [-0.15, -0.1) is 6.58 Å². The van der Waals surface area contributed by atoms with E-state index in [1.807, 2.05) is 6.08 Å². The molecule has 2 rings (SSSR count). The fraction of sp³-hybridized carbons (Fsp3) is 0.625. The molecule has 0 radical (unpaired) electrons. The third kappa shape index (κ3) is 0.618. The van der Waals surface area contributed by atoms with Crippen LogP contribution in [0.4, 0.5) is 0 Å². The van der Waals surface area contributed by atoms with Crippen LogP contribution in [0.15, 0.2) is 12.7 Å². The highest BCUT2D eigenvalue weighted by molar-refractivity contribution is 5.81. The number of hydrogen-bond acceptors (Lipinski definition) is 1. The summed E-state index contributed by atoms with van der Waals surface area (Å²) in [6, 6.07) is 0. The molecule has 1 saturated heterocycles. The Hall–Kier alpha value is -0.790. The van der Waals surface area contributed by atoms with Gasteiger partial charge in [-0.3, -0.25) is 4.79 Å². The largest absolute Gasteiger partial charge is 0.350 e. The van der Waals surface area contributed by atoms with Gasteiger partial charge >= 0.3 is 0 Å². The fourth-order valence-corrected chi connectivity index (χ4v) is 1.76. The molecule has 10 heavy (non-hydrogen) atoms. The van der Waals surface area contributed by atoms with Gasteiger partial charge in [0.25, 0.3) is 0 Å². The highest BCUT2D eigenvalue weighted by Crippen LogP contribution is 2.47. The average molecular weight is 137 g/mol. The molecule has 2 nitrogen and oxygen atoms in total. The first-order chi connectivity index (χ1) is 4.77. The molecule has 1 saturated carbocycles. The van der Waals surface area contributed by atoms with Crippen molar-refractivity contribution in [1.29, 1.82) is 0 Å². The second-order valence-corrected chi connectivity index (χ2v) is 3.25. The van der Waals surface area contributed by atoms with Crippen LogP contribution in [-0.2, 0) is 4.79 Å². The summed E-state index contributed by atoms with van der Waals surface area (Å²) in [5, 5.41) is 3.00. The van der Waals surface area contributed by atoms with Crippen LogP contribution in [0.1, 0.15) is 19.3 Å². The van der Waals surface area contributed by atoms with E-state index >= 15 is 0 Å². The molecule has 54 valence electrons. The summed E-state index contributed by atoms with van der Waals surface area (Å²) in [5.41, 5.74) is 0.166. The van der Waals surface area contributed by atoms with E-state index in [1.165, 1.54) is 0 Å². The number of nitrogens with one attached hydrogen (secondary N) is 1. The molecule has 1 aliphatic carbocycles. The molecule has 0 aromatic rings. The van der Waals surface area contributed by atoms with Gasteiger partial charge in [0.2, 0.25) is 5.91 Å². The van der Waals surface area contributed by atoms with Gasteiger partial charge in [0, 0.05) is 17.9 Å². The van der Waals surface area contributed by atoms with Crippen LogP contribution in [0.25, 0.3) is 0 Å². The molecule has 1 unspecified atom stereocenters. The Morgan fingerprint density at radius 2 is 2.40 bits per heavy atom. The van der Waals surface area contributed by atoms with Crippen LogP contribution in [0.5, 0.6) is 0 Å². The maximum Gasteiger partial charge on any atom is 0.221 e. The van der Waals surface area contributed by atoms with Crippen molar-refractivity contribution in [1.82, 2.24) is 5.32 Å². The van der Waals surface area contributed by atoms with E-state index in [0.717, 1.165) is 12.8 Å². The lowest BCUT2D eigenvalue weighted by atomic mass is 9.99. The zero-order valence-electron chi connectivity index (χ0n) is 5.89. The van der Waals surface area contributed by atoms with Crippen molar-refractivity contribution in [2.45, 2.75) is 24.8 Å². The lowest BCUT2D eigenvalue weighted by Crippen LogP contribution is -2.30. The molecule has 1 atom stereocenters. The molecule has 0 bridgehead atoms. The summed E-state index contributed by atoms with van der Waals surface area (Å²) in [6.07, 6.45) is 4.86. The Kier molecular flexibility index (Phi) is 0.967. The zero-order valence-corrected chi connectivity index (χ0v) is 5.89. The van der Waals surface area contributed by atoms with Crippen LogP contribution in [0, 0.1) is 5.92 Å². The summed E-state index contributed by atoms with van der Waals surface area (Å²) < 4.78 is 0.